The van der Waals surface area contributed by atoms with E-state index in [0.717, 1.165) is 6.42 Å². The van der Waals surface area contributed by atoms with Gasteiger partial charge in [0.2, 0.25) is 0 Å². The zero-order valence-electron chi connectivity index (χ0n) is 13.2. The number of aromatic amines is 1. The minimum Gasteiger partial charge on any atom is -0.365 e. The Bertz CT molecular complexity index is 737. The first-order chi connectivity index (χ1) is 11.5. The van der Waals surface area contributed by atoms with Crippen molar-refractivity contribution in [2.24, 2.45) is 0 Å². The van der Waals surface area contributed by atoms with Crippen molar-refractivity contribution >= 4 is 16.5 Å². The summed E-state index contributed by atoms with van der Waals surface area (Å²) in [7, 11) is 1.53. The summed E-state index contributed by atoms with van der Waals surface area (Å²) < 4.78 is 38.1. The molecule has 4 nitrogen and oxygen atoms in total. The number of nitrogens with zero attached hydrogens (tertiary/aromatic N) is 2. The molecule has 0 unspecified atom stereocenters. The molecule has 0 aliphatic heterocycles. The number of anilines is 1. The van der Waals surface area contributed by atoms with Crippen LogP contribution in [0.1, 0.15) is 17.4 Å². The van der Waals surface area contributed by atoms with Crippen molar-refractivity contribution < 1.29 is 13.2 Å². The highest BCUT2D eigenvalue weighted by Gasteiger charge is 2.37. The van der Waals surface area contributed by atoms with Crippen LogP contribution >= 0.6 is 11.3 Å². The molecular weight excluding hydrogens is 337 g/mol. The summed E-state index contributed by atoms with van der Waals surface area (Å²) in [5.41, 5.74) is 1.63. The van der Waals surface area contributed by atoms with Crippen molar-refractivity contribution in [3.05, 3.63) is 53.2 Å². The van der Waals surface area contributed by atoms with Crippen molar-refractivity contribution in [1.82, 2.24) is 15.2 Å². The van der Waals surface area contributed by atoms with Gasteiger partial charge in [-0.1, -0.05) is 48.6 Å². The normalized spacial score (nSPS) is 10.9. The van der Waals surface area contributed by atoms with Gasteiger partial charge in [-0.25, -0.2) is 4.98 Å². The highest BCUT2D eigenvalue weighted by atomic mass is 32.1. The van der Waals surface area contributed by atoms with Gasteiger partial charge in [-0.05, 0) is 12.0 Å². The van der Waals surface area contributed by atoms with E-state index < -0.39 is 11.1 Å². The summed E-state index contributed by atoms with van der Waals surface area (Å²) in [5, 5.41) is 8.89. The first-order valence-electron chi connectivity index (χ1n) is 7.24. The van der Waals surface area contributed by atoms with Crippen LogP contribution in [0.25, 0.3) is 11.3 Å². The van der Waals surface area contributed by atoms with E-state index in [2.05, 4.69) is 51.7 Å². The molecule has 3 rings (SSSR count). The topological polar surface area (TPSA) is 53.6 Å². The smallest absolute Gasteiger partial charge is 0.365 e. The minimum absolute atomic E-state index is 0.101. The highest BCUT2D eigenvalue weighted by molar-refractivity contribution is 7.16. The van der Waals surface area contributed by atoms with E-state index in [0.29, 0.717) is 16.9 Å². The Kier molecular flexibility index (Phi) is 5.97. The van der Waals surface area contributed by atoms with Crippen LogP contribution in [0.5, 0.6) is 0 Å². The van der Waals surface area contributed by atoms with Crippen LogP contribution in [-0.2, 0) is 12.6 Å². The Morgan fingerprint density at radius 1 is 1.21 bits per heavy atom. The molecule has 0 saturated carbocycles. The number of alkyl halides is 3. The van der Waals surface area contributed by atoms with Crippen molar-refractivity contribution in [3.63, 3.8) is 0 Å². The Morgan fingerprint density at radius 2 is 1.92 bits per heavy atom. The van der Waals surface area contributed by atoms with Crippen LogP contribution in [0.3, 0.4) is 0 Å². The average Bonchev–Trinajstić information content (AvgIpc) is 3.24. The van der Waals surface area contributed by atoms with E-state index in [4.69, 9.17) is 0 Å². The quantitative estimate of drug-likeness (QED) is 0.707. The largest absolute Gasteiger partial charge is 0.427 e. The number of hydrogen-bond acceptors (Lipinski definition) is 4. The van der Waals surface area contributed by atoms with Crippen molar-refractivity contribution in [1.29, 1.82) is 0 Å². The highest BCUT2D eigenvalue weighted by Crippen LogP contribution is 2.42. The average molecular weight is 354 g/mol. The number of H-pyrrole nitrogens is 1. The first kappa shape index (κ1) is 18.0. The molecule has 0 fully saturated rings. The lowest BCUT2D eigenvalue weighted by Gasteiger charge is -2.03. The molecule has 2 heterocycles. The minimum atomic E-state index is -4.40. The van der Waals surface area contributed by atoms with Crippen LogP contribution in [0, 0.1) is 0 Å². The Hall–Kier alpha value is -2.35. The van der Waals surface area contributed by atoms with Crippen molar-refractivity contribution in [2.45, 2.75) is 19.5 Å². The van der Waals surface area contributed by atoms with E-state index in [1.165, 1.54) is 25.0 Å². The molecule has 0 aliphatic rings. The zero-order chi connectivity index (χ0) is 17.6. The van der Waals surface area contributed by atoms with Gasteiger partial charge in [0.15, 0.2) is 5.13 Å². The molecule has 0 atom stereocenters. The molecular formula is C16H17F3N4S. The lowest BCUT2D eigenvalue weighted by Crippen LogP contribution is -2.03. The zero-order valence-corrected chi connectivity index (χ0v) is 14.0. The monoisotopic (exact) mass is 354 g/mol. The summed E-state index contributed by atoms with van der Waals surface area (Å²) in [6, 6.07) is 10.5. The van der Waals surface area contributed by atoms with Gasteiger partial charge < -0.3 is 5.32 Å². The Morgan fingerprint density at radius 3 is 2.38 bits per heavy atom. The fourth-order valence-corrected chi connectivity index (χ4v) is 2.72. The summed E-state index contributed by atoms with van der Waals surface area (Å²) in [4.78, 5) is 3.14. The van der Waals surface area contributed by atoms with E-state index in [-0.39, 0.29) is 10.8 Å². The molecule has 0 aliphatic carbocycles. The van der Waals surface area contributed by atoms with Gasteiger partial charge in [0, 0.05) is 18.8 Å². The molecule has 8 heteroatoms. The second kappa shape index (κ2) is 7.96. The Balaban J connectivity index is 0.000000219. The molecule has 0 amide bonds. The number of aryl methyl sites for hydroxylation is 1. The van der Waals surface area contributed by atoms with Crippen molar-refractivity contribution in [3.8, 4) is 11.3 Å². The van der Waals surface area contributed by atoms with Crippen molar-refractivity contribution in [2.75, 3.05) is 12.4 Å². The fourth-order valence-electron chi connectivity index (χ4n) is 1.91. The summed E-state index contributed by atoms with van der Waals surface area (Å²) >= 11 is 0.576. The van der Waals surface area contributed by atoms with Gasteiger partial charge >= 0.3 is 6.18 Å². The number of rotatable bonds is 3. The Labute approximate surface area is 141 Å². The predicted molar refractivity (Wildman–Crippen MR) is 90.1 cm³/mol. The summed E-state index contributed by atoms with van der Waals surface area (Å²) in [6.45, 7) is 2.16. The SMILES string of the molecule is CCc1ccccc1.CNc1nc(-c2cn[nH]c2)c(C(F)(F)F)s1. The number of aromatic nitrogens is 3. The maximum atomic E-state index is 12.7. The van der Waals surface area contributed by atoms with Gasteiger partial charge in [0.1, 0.15) is 4.88 Å². The fraction of sp³-hybridized carbons (Fsp3) is 0.250. The lowest BCUT2D eigenvalue weighted by molar-refractivity contribution is -0.134. The first-order valence-corrected chi connectivity index (χ1v) is 8.06. The van der Waals surface area contributed by atoms with Gasteiger partial charge in [-0.3, -0.25) is 5.10 Å². The maximum Gasteiger partial charge on any atom is 0.427 e. The van der Waals surface area contributed by atoms with Crippen LogP contribution in [0.15, 0.2) is 42.7 Å². The third-order valence-corrected chi connectivity index (χ3v) is 4.24. The van der Waals surface area contributed by atoms with Crippen LogP contribution in [0.2, 0.25) is 0 Å². The third kappa shape index (κ3) is 4.58. The molecule has 24 heavy (non-hydrogen) atoms. The standard InChI is InChI=1S/C8H7F3N4S.C8H10/c1-12-7-15-5(4-2-13-14-3-4)6(16-7)8(9,10)11;1-2-8-6-4-3-5-7-8/h2-3H,1H3,(H,12,15)(H,13,14);3-7H,2H2,1H3. The molecule has 3 aromatic rings. The second-order valence-electron chi connectivity index (χ2n) is 4.77. The molecule has 2 N–H and O–H groups in total. The van der Waals surface area contributed by atoms with Crippen LogP contribution in [-0.4, -0.2) is 22.2 Å². The number of nitrogens with one attached hydrogen (secondary N) is 2. The molecule has 0 saturated heterocycles. The molecule has 1 aromatic carbocycles. The predicted octanol–water partition coefficient (Wildman–Crippen LogP) is 4.84. The van der Waals surface area contributed by atoms with E-state index in [1.807, 2.05) is 6.07 Å². The van der Waals surface area contributed by atoms with Crippen LogP contribution in [0.4, 0.5) is 18.3 Å². The molecule has 2 aromatic heterocycles. The number of thiazole rings is 1. The maximum absolute atomic E-state index is 12.7. The summed E-state index contributed by atoms with van der Waals surface area (Å²) in [5.74, 6) is 0. The van der Waals surface area contributed by atoms with E-state index in [9.17, 15) is 13.2 Å². The molecule has 0 radical (unpaired) electrons. The van der Waals surface area contributed by atoms with E-state index in [1.54, 1.807) is 0 Å². The summed E-state index contributed by atoms with van der Waals surface area (Å²) in [6.07, 6.45) is -0.576. The molecule has 128 valence electrons. The number of benzene rings is 1. The van der Waals surface area contributed by atoms with Crippen LogP contribution < -0.4 is 5.32 Å². The van der Waals surface area contributed by atoms with Gasteiger partial charge in [0.05, 0.1) is 11.9 Å². The van der Waals surface area contributed by atoms with Gasteiger partial charge in [-0.15, -0.1) is 0 Å². The third-order valence-electron chi connectivity index (χ3n) is 3.12. The van der Waals surface area contributed by atoms with Gasteiger partial charge in [0.25, 0.3) is 0 Å². The molecule has 0 bridgehead atoms. The molecule has 0 spiro atoms. The number of hydrogen-bond donors (Lipinski definition) is 2. The lowest BCUT2D eigenvalue weighted by atomic mass is 10.2. The number of halogens is 3. The second-order valence-corrected chi connectivity index (χ2v) is 5.77. The van der Waals surface area contributed by atoms with E-state index >= 15 is 0 Å². The van der Waals surface area contributed by atoms with Gasteiger partial charge in [-0.2, -0.15) is 18.3 Å².